The van der Waals surface area contributed by atoms with E-state index in [1.807, 2.05) is 11.0 Å². The molecule has 1 atom stereocenters. The van der Waals surface area contributed by atoms with Crippen LogP contribution in [0.5, 0.6) is 0 Å². The van der Waals surface area contributed by atoms with Gasteiger partial charge >= 0.3 is 0 Å². The number of benzene rings is 1. The second-order valence-electron chi connectivity index (χ2n) is 6.90. The summed E-state index contributed by atoms with van der Waals surface area (Å²) in [5.74, 6) is 0.570. The second kappa shape index (κ2) is 5.40. The van der Waals surface area contributed by atoms with Crippen molar-refractivity contribution in [1.29, 1.82) is 0 Å². The minimum absolute atomic E-state index is 0.238. The van der Waals surface area contributed by atoms with Crippen LogP contribution in [0.25, 0.3) is 0 Å². The smallest absolute Gasteiger partial charge is 0.226 e. The van der Waals surface area contributed by atoms with Crippen molar-refractivity contribution >= 4 is 29.1 Å². The maximum absolute atomic E-state index is 12.9. The average Bonchev–Trinajstić information content (AvgIpc) is 3.20. The van der Waals surface area contributed by atoms with Gasteiger partial charge in [0.2, 0.25) is 5.91 Å². The minimum Gasteiger partial charge on any atom is -0.338 e. The second-order valence-corrected chi connectivity index (χ2v) is 7.75. The lowest BCUT2D eigenvalue weighted by molar-refractivity contribution is -0.134. The first-order valence-electron chi connectivity index (χ1n) is 8.05. The summed E-state index contributed by atoms with van der Waals surface area (Å²) in [4.78, 5) is 14.9. The van der Waals surface area contributed by atoms with E-state index in [-0.39, 0.29) is 5.92 Å². The molecule has 2 fully saturated rings. The molecule has 1 aliphatic carbocycles. The van der Waals surface area contributed by atoms with Crippen LogP contribution in [0.1, 0.15) is 30.4 Å². The molecule has 0 radical (unpaired) electrons. The van der Waals surface area contributed by atoms with E-state index in [1.54, 1.807) is 6.07 Å². The van der Waals surface area contributed by atoms with E-state index in [0.29, 0.717) is 27.9 Å². The summed E-state index contributed by atoms with van der Waals surface area (Å²) in [5, 5.41) is 4.76. The molecule has 2 aliphatic heterocycles. The molecule has 1 spiro atoms. The van der Waals surface area contributed by atoms with Crippen LogP contribution < -0.4 is 5.32 Å². The van der Waals surface area contributed by atoms with Gasteiger partial charge in [0, 0.05) is 29.1 Å². The van der Waals surface area contributed by atoms with Crippen molar-refractivity contribution < 1.29 is 4.79 Å². The number of rotatable bonds is 1. The van der Waals surface area contributed by atoms with Gasteiger partial charge in [-0.2, -0.15) is 0 Å². The zero-order chi connectivity index (χ0) is 15.3. The van der Waals surface area contributed by atoms with Crippen LogP contribution in [0.3, 0.4) is 0 Å². The molecular formula is C17H20Cl2N2O. The molecule has 3 nitrogen and oxygen atoms in total. The van der Waals surface area contributed by atoms with Gasteiger partial charge in [-0.3, -0.25) is 4.79 Å². The number of nitrogens with one attached hydrogen (secondary N) is 1. The highest BCUT2D eigenvalue weighted by Gasteiger charge is 2.58. The number of carbonyl (C=O) groups is 1. The molecule has 2 heterocycles. The molecule has 0 aromatic heterocycles. The molecule has 1 amide bonds. The largest absolute Gasteiger partial charge is 0.338 e. The summed E-state index contributed by atoms with van der Waals surface area (Å²) in [5.41, 5.74) is 2.56. The molecule has 1 aromatic carbocycles. The van der Waals surface area contributed by atoms with Gasteiger partial charge in [0.1, 0.15) is 0 Å². The molecule has 118 valence electrons. The Balaban J connectivity index is 1.50. The minimum atomic E-state index is 0.238. The van der Waals surface area contributed by atoms with Gasteiger partial charge < -0.3 is 10.2 Å². The van der Waals surface area contributed by atoms with Crippen LogP contribution in [-0.4, -0.2) is 30.4 Å². The predicted octanol–water partition coefficient (Wildman–Crippen LogP) is 3.27. The quantitative estimate of drug-likeness (QED) is 0.852. The van der Waals surface area contributed by atoms with Crippen LogP contribution in [0.2, 0.25) is 10.0 Å². The maximum atomic E-state index is 12.9. The number of carbonyl (C=O) groups excluding carboxylic acids is 1. The van der Waals surface area contributed by atoms with E-state index in [0.717, 1.165) is 50.9 Å². The molecule has 0 bridgehead atoms. The molecule has 22 heavy (non-hydrogen) atoms. The fourth-order valence-corrected chi connectivity index (χ4v) is 4.76. The van der Waals surface area contributed by atoms with E-state index >= 15 is 0 Å². The van der Waals surface area contributed by atoms with Gasteiger partial charge in [0.05, 0.1) is 0 Å². The van der Waals surface area contributed by atoms with E-state index in [9.17, 15) is 4.79 Å². The van der Waals surface area contributed by atoms with Crippen molar-refractivity contribution in [3.63, 3.8) is 0 Å². The molecule has 1 saturated heterocycles. The molecule has 4 rings (SSSR count). The van der Waals surface area contributed by atoms with Crippen molar-refractivity contribution in [2.45, 2.75) is 32.2 Å². The van der Waals surface area contributed by atoms with Crippen LogP contribution in [0.15, 0.2) is 12.1 Å². The lowest BCUT2D eigenvalue weighted by atomic mass is 9.91. The van der Waals surface area contributed by atoms with Gasteiger partial charge in [-0.1, -0.05) is 23.2 Å². The Morgan fingerprint density at radius 2 is 2.05 bits per heavy atom. The average molecular weight is 339 g/mol. The number of nitrogens with zero attached hydrogens (tertiary/aromatic N) is 1. The molecule has 1 unspecified atom stereocenters. The summed E-state index contributed by atoms with van der Waals surface area (Å²) in [7, 11) is 0. The number of piperidine rings is 1. The lowest BCUT2D eigenvalue weighted by Gasteiger charge is -2.31. The van der Waals surface area contributed by atoms with Gasteiger partial charge in [-0.25, -0.2) is 0 Å². The van der Waals surface area contributed by atoms with Crippen molar-refractivity contribution in [2.24, 2.45) is 11.3 Å². The number of amides is 1. The lowest BCUT2D eigenvalue weighted by Crippen LogP contribution is -2.39. The fraction of sp³-hybridized carbons (Fsp3) is 0.588. The third-order valence-electron chi connectivity index (χ3n) is 5.65. The molecule has 1 aromatic rings. The highest BCUT2D eigenvalue weighted by atomic mass is 35.5. The van der Waals surface area contributed by atoms with Crippen LogP contribution in [-0.2, 0) is 17.8 Å². The predicted molar refractivity (Wildman–Crippen MR) is 88.2 cm³/mol. The monoisotopic (exact) mass is 338 g/mol. The molecule has 1 N–H and O–H groups in total. The summed E-state index contributed by atoms with van der Waals surface area (Å²) in [6, 6.07) is 3.76. The Morgan fingerprint density at radius 1 is 1.27 bits per heavy atom. The number of halogens is 2. The Hall–Kier alpha value is -0.770. The summed E-state index contributed by atoms with van der Waals surface area (Å²) in [6.07, 6.45) is 4.21. The molecule has 1 saturated carbocycles. The van der Waals surface area contributed by atoms with Gasteiger partial charge in [0.25, 0.3) is 0 Å². The summed E-state index contributed by atoms with van der Waals surface area (Å²) < 4.78 is 0. The number of hydrogen-bond acceptors (Lipinski definition) is 2. The number of fused-ring (bicyclic) bond motifs is 1. The zero-order valence-corrected chi connectivity index (χ0v) is 14.0. The molecular weight excluding hydrogens is 319 g/mol. The zero-order valence-electron chi connectivity index (χ0n) is 12.5. The molecule has 5 heteroatoms. The van der Waals surface area contributed by atoms with Crippen molar-refractivity contribution in [1.82, 2.24) is 10.2 Å². The maximum Gasteiger partial charge on any atom is 0.226 e. The normalized spacial score (nSPS) is 25.9. The number of hydrogen-bond donors (Lipinski definition) is 1. The van der Waals surface area contributed by atoms with Gasteiger partial charge in [-0.15, -0.1) is 0 Å². The Kier molecular flexibility index (Phi) is 3.63. The van der Waals surface area contributed by atoms with Crippen LogP contribution in [0.4, 0.5) is 0 Å². The van der Waals surface area contributed by atoms with Gasteiger partial charge in [-0.05, 0) is 67.4 Å². The van der Waals surface area contributed by atoms with Crippen molar-refractivity contribution in [2.75, 3.05) is 19.6 Å². The highest BCUT2D eigenvalue weighted by Crippen LogP contribution is 2.59. The Labute approximate surface area is 141 Å². The topological polar surface area (TPSA) is 32.3 Å². The summed E-state index contributed by atoms with van der Waals surface area (Å²) >= 11 is 12.4. The first kappa shape index (κ1) is 14.8. The van der Waals surface area contributed by atoms with E-state index in [1.165, 1.54) is 5.56 Å². The van der Waals surface area contributed by atoms with Crippen molar-refractivity contribution in [3.8, 4) is 0 Å². The summed E-state index contributed by atoms with van der Waals surface area (Å²) in [6.45, 7) is 3.52. The van der Waals surface area contributed by atoms with Gasteiger partial charge in [0.15, 0.2) is 0 Å². The third-order valence-corrected chi connectivity index (χ3v) is 6.21. The van der Waals surface area contributed by atoms with E-state index in [2.05, 4.69) is 5.32 Å². The SMILES string of the molecule is O=C(C1CC12CCNCC2)N1CCc2cc(Cl)cc(Cl)c2C1. The Bertz CT molecular complexity index is 625. The fourth-order valence-electron chi connectivity index (χ4n) is 4.16. The van der Waals surface area contributed by atoms with E-state index in [4.69, 9.17) is 23.2 Å². The van der Waals surface area contributed by atoms with Crippen LogP contribution >= 0.6 is 23.2 Å². The first-order chi connectivity index (χ1) is 10.6. The third kappa shape index (κ3) is 2.44. The van der Waals surface area contributed by atoms with E-state index < -0.39 is 0 Å². The molecule has 3 aliphatic rings. The first-order valence-corrected chi connectivity index (χ1v) is 8.81. The highest BCUT2D eigenvalue weighted by molar-refractivity contribution is 6.35. The van der Waals surface area contributed by atoms with Crippen LogP contribution in [0, 0.1) is 11.3 Å². The van der Waals surface area contributed by atoms with Crippen molar-refractivity contribution in [3.05, 3.63) is 33.3 Å². The Morgan fingerprint density at radius 3 is 2.82 bits per heavy atom. The standard InChI is InChI=1S/C17H20Cl2N2O/c18-12-7-11-1-6-21(10-13(11)15(19)8-12)16(22)14-9-17(14)2-4-20-5-3-17/h7-8,14,20H,1-6,9-10H2.